The highest BCUT2D eigenvalue weighted by molar-refractivity contribution is 6.30. The molecule has 2 aromatic rings. The average molecular weight is 254 g/mol. The van der Waals surface area contributed by atoms with Gasteiger partial charge in [0, 0.05) is 25.0 Å². The Morgan fingerprint density at radius 3 is 2.82 bits per heavy atom. The van der Waals surface area contributed by atoms with Crippen molar-refractivity contribution < 1.29 is 4.39 Å². The van der Waals surface area contributed by atoms with Crippen LogP contribution in [0.25, 0.3) is 0 Å². The molecule has 3 nitrogen and oxygen atoms in total. The summed E-state index contributed by atoms with van der Waals surface area (Å²) >= 11 is 5.79. The lowest BCUT2D eigenvalue weighted by atomic mass is 10.1. The molecule has 1 aromatic carbocycles. The largest absolute Gasteiger partial charge is 0.336 e. The number of hydrogen-bond donors (Lipinski definition) is 1. The van der Waals surface area contributed by atoms with Crippen molar-refractivity contribution in [2.24, 2.45) is 7.05 Å². The first-order chi connectivity index (χ1) is 8.15. The van der Waals surface area contributed by atoms with Crippen LogP contribution < -0.4 is 5.32 Å². The predicted molar refractivity (Wildman–Crippen MR) is 65.5 cm³/mol. The van der Waals surface area contributed by atoms with Gasteiger partial charge in [0.05, 0.1) is 11.1 Å². The minimum Gasteiger partial charge on any atom is -0.336 e. The van der Waals surface area contributed by atoms with Gasteiger partial charge < -0.3 is 9.88 Å². The zero-order valence-electron chi connectivity index (χ0n) is 9.61. The maximum Gasteiger partial charge on any atom is 0.147 e. The van der Waals surface area contributed by atoms with Gasteiger partial charge in [0.25, 0.3) is 0 Å². The molecule has 0 saturated heterocycles. The minimum absolute atomic E-state index is 0.122. The van der Waals surface area contributed by atoms with Crippen molar-refractivity contribution in [2.45, 2.75) is 6.04 Å². The van der Waals surface area contributed by atoms with E-state index in [2.05, 4.69) is 10.3 Å². The van der Waals surface area contributed by atoms with E-state index in [1.54, 1.807) is 25.4 Å². The molecule has 0 fully saturated rings. The molecule has 1 heterocycles. The van der Waals surface area contributed by atoms with Gasteiger partial charge in [-0.25, -0.2) is 9.37 Å². The molecule has 0 radical (unpaired) electrons. The standard InChI is InChI=1S/C12H13ClFN3/c1-15-11(12-16-6-7-17(12)2)8-4-3-5-9(13)10(8)14/h3-7,11,15H,1-2H3. The Morgan fingerprint density at radius 2 is 2.24 bits per heavy atom. The number of nitrogens with zero attached hydrogens (tertiary/aromatic N) is 2. The summed E-state index contributed by atoms with van der Waals surface area (Å²) in [6.45, 7) is 0. The lowest BCUT2D eigenvalue weighted by Crippen LogP contribution is -2.22. The van der Waals surface area contributed by atoms with Gasteiger partial charge in [0.1, 0.15) is 11.6 Å². The summed E-state index contributed by atoms with van der Waals surface area (Å²) in [5.74, 6) is 0.338. The van der Waals surface area contributed by atoms with Crippen LogP contribution in [0.5, 0.6) is 0 Å². The number of aromatic nitrogens is 2. The molecular weight excluding hydrogens is 241 g/mol. The smallest absolute Gasteiger partial charge is 0.147 e. The van der Waals surface area contributed by atoms with E-state index in [4.69, 9.17) is 11.6 Å². The SMILES string of the molecule is CNC(c1cccc(Cl)c1F)c1nccn1C. The zero-order chi connectivity index (χ0) is 12.4. The van der Waals surface area contributed by atoms with Gasteiger partial charge in [-0.05, 0) is 13.1 Å². The van der Waals surface area contributed by atoms with Crippen LogP contribution in [0.2, 0.25) is 5.02 Å². The first-order valence-electron chi connectivity index (χ1n) is 5.23. The molecule has 1 atom stereocenters. The first-order valence-corrected chi connectivity index (χ1v) is 5.61. The molecular formula is C12H13ClFN3. The van der Waals surface area contributed by atoms with Crippen LogP contribution in [-0.2, 0) is 7.05 Å². The lowest BCUT2D eigenvalue weighted by molar-refractivity contribution is 0.553. The molecule has 0 aliphatic rings. The van der Waals surface area contributed by atoms with Gasteiger partial charge in [-0.15, -0.1) is 0 Å². The van der Waals surface area contributed by atoms with E-state index in [9.17, 15) is 4.39 Å². The monoisotopic (exact) mass is 253 g/mol. The maximum absolute atomic E-state index is 14.0. The molecule has 0 aliphatic carbocycles. The van der Waals surface area contributed by atoms with E-state index in [1.165, 1.54) is 6.07 Å². The van der Waals surface area contributed by atoms with Gasteiger partial charge in [0.15, 0.2) is 0 Å². The molecule has 0 amide bonds. The maximum atomic E-state index is 14.0. The van der Waals surface area contributed by atoms with E-state index >= 15 is 0 Å². The third-order valence-corrected chi connectivity index (χ3v) is 2.99. The lowest BCUT2D eigenvalue weighted by Gasteiger charge is -2.17. The van der Waals surface area contributed by atoms with Gasteiger partial charge in [-0.1, -0.05) is 23.7 Å². The fraction of sp³-hybridized carbons (Fsp3) is 0.250. The second-order valence-electron chi connectivity index (χ2n) is 3.76. The summed E-state index contributed by atoms with van der Waals surface area (Å²) in [4.78, 5) is 4.22. The third kappa shape index (κ3) is 2.18. The van der Waals surface area contributed by atoms with Crippen molar-refractivity contribution in [1.82, 2.24) is 14.9 Å². The highest BCUT2D eigenvalue weighted by Crippen LogP contribution is 2.26. The van der Waals surface area contributed by atoms with E-state index in [0.29, 0.717) is 5.56 Å². The van der Waals surface area contributed by atoms with E-state index in [0.717, 1.165) is 5.82 Å². The van der Waals surface area contributed by atoms with Crippen LogP contribution in [0.1, 0.15) is 17.4 Å². The third-order valence-electron chi connectivity index (χ3n) is 2.70. The van der Waals surface area contributed by atoms with E-state index < -0.39 is 5.82 Å². The highest BCUT2D eigenvalue weighted by atomic mass is 35.5. The van der Waals surface area contributed by atoms with Crippen LogP contribution in [0.3, 0.4) is 0 Å². The minimum atomic E-state index is -0.406. The number of halogens is 2. The second-order valence-corrected chi connectivity index (χ2v) is 4.17. The Labute approximate surface area is 104 Å². The topological polar surface area (TPSA) is 29.9 Å². The Bertz CT molecular complexity index is 524. The molecule has 0 spiro atoms. The zero-order valence-corrected chi connectivity index (χ0v) is 10.4. The predicted octanol–water partition coefficient (Wildman–Crippen LogP) is 2.52. The van der Waals surface area contributed by atoms with Gasteiger partial charge in [0.2, 0.25) is 0 Å². The number of imidazole rings is 1. The van der Waals surface area contributed by atoms with Crippen LogP contribution in [0.15, 0.2) is 30.6 Å². The average Bonchev–Trinajstić information content (AvgIpc) is 2.72. The molecule has 5 heteroatoms. The number of rotatable bonds is 3. The van der Waals surface area contributed by atoms with E-state index in [-0.39, 0.29) is 11.1 Å². The summed E-state index contributed by atoms with van der Waals surface area (Å²) in [6, 6.07) is 4.66. The molecule has 90 valence electrons. The fourth-order valence-electron chi connectivity index (χ4n) is 1.82. The molecule has 0 bridgehead atoms. The summed E-state index contributed by atoms with van der Waals surface area (Å²) in [6.07, 6.45) is 3.50. The molecule has 2 rings (SSSR count). The molecule has 0 saturated carbocycles. The summed E-state index contributed by atoms with van der Waals surface area (Å²) in [5.41, 5.74) is 0.495. The van der Waals surface area contributed by atoms with E-state index in [1.807, 2.05) is 17.8 Å². The fourth-order valence-corrected chi connectivity index (χ4v) is 2.00. The number of benzene rings is 1. The van der Waals surface area contributed by atoms with Crippen LogP contribution in [0.4, 0.5) is 4.39 Å². The van der Waals surface area contributed by atoms with Gasteiger partial charge >= 0.3 is 0 Å². The quantitative estimate of drug-likeness (QED) is 0.911. The molecule has 17 heavy (non-hydrogen) atoms. The summed E-state index contributed by atoms with van der Waals surface area (Å²) in [5, 5.41) is 3.17. The van der Waals surface area contributed by atoms with Crippen molar-refractivity contribution >= 4 is 11.6 Å². The Morgan fingerprint density at radius 1 is 1.47 bits per heavy atom. The number of aryl methyl sites for hydroxylation is 1. The normalized spacial score (nSPS) is 12.7. The van der Waals surface area contributed by atoms with Crippen LogP contribution in [0, 0.1) is 5.82 Å². The Hall–Kier alpha value is -1.39. The van der Waals surface area contributed by atoms with Crippen molar-refractivity contribution in [3.8, 4) is 0 Å². The summed E-state index contributed by atoms with van der Waals surface area (Å²) < 4.78 is 15.8. The number of nitrogens with one attached hydrogen (secondary N) is 1. The van der Waals surface area contributed by atoms with Gasteiger partial charge in [-0.2, -0.15) is 0 Å². The van der Waals surface area contributed by atoms with Crippen LogP contribution >= 0.6 is 11.6 Å². The molecule has 1 unspecified atom stereocenters. The molecule has 1 aromatic heterocycles. The highest BCUT2D eigenvalue weighted by Gasteiger charge is 2.20. The van der Waals surface area contributed by atoms with Crippen molar-refractivity contribution in [3.63, 3.8) is 0 Å². The number of hydrogen-bond acceptors (Lipinski definition) is 2. The Balaban J connectivity index is 2.50. The van der Waals surface area contributed by atoms with Gasteiger partial charge in [-0.3, -0.25) is 0 Å². The molecule has 0 aliphatic heterocycles. The second kappa shape index (κ2) is 4.85. The molecule has 1 N–H and O–H groups in total. The van der Waals surface area contributed by atoms with Crippen molar-refractivity contribution in [3.05, 3.63) is 52.8 Å². The van der Waals surface area contributed by atoms with Crippen LogP contribution in [-0.4, -0.2) is 16.6 Å². The van der Waals surface area contributed by atoms with Crippen molar-refractivity contribution in [1.29, 1.82) is 0 Å². The Kier molecular flexibility index (Phi) is 3.45. The first kappa shape index (κ1) is 12.1. The summed E-state index contributed by atoms with van der Waals surface area (Å²) in [7, 11) is 3.63. The van der Waals surface area contributed by atoms with Crippen molar-refractivity contribution in [2.75, 3.05) is 7.05 Å².